The van der Waals surface area contributed by atoms with E-state index in [1.807, 2.05) is 13.8 Å². The molecule has 2 N–H and O–H groups in total. The number of rotatable bonds is 4. The smallest absolute Gasteiger partial charge is 0.247 e. The van der Waals surface area contributed by atoms with Crippen LogP contribution < -0.4 is 10.5 Å². The van der Waals surface area contributed by atoms with Crippen LogP contribution in [0.1, 0.15) is 32.3 Å². The zero-order valence-electron chi connectivity index (χ0n) is 12.2. The molecule has 0 bridgehead atoms. The molecule has 0 atom stereocenters. The van der Waals surface area contributed by atoms with Crippen LogP contribution in [0.4, 0.5) is 0 Å². The van der Waals surface area contributed by atoms with Gasteiger partial charge in [0.25, 0.3) is 0 Å². The molecule has 0 spiro atoms. The highest BCUT2D eigenvalue weighted by molar-refractivity contribution is 7.89. The molecule has 0 radical (unpaired) electrons. The van der Waals surface area contributed by atoms with Crippen molar-refractivity contribution >= 4 is 10.0 Å². The van der Waals surface area contributed by atoms with Crippen molar-refractivity contribution in [2.75, 3.05) is 13.7 Å². The predicted octanol–water partition coefficient (Wildman–Crippen LogP) is 1.72. The van der Waals surface area contributed by atoms with E-state index in [2.05, 4.69) is 0 Å². The third-order valence-corrected chi connectivity index (χ3v) is 5.99. The molecule has 0 saturated carbocycles. The molecule has 1 aromatic carbocycles. The molecule has 1 fully saturated rings. The highest BCUT2D eigenvalue weighted by Gasteiger charge is 2.41. The molecule has 112 valence electrons. The van der Waals surface area contributed by atoms with Crippen LogP contribution in [-0.2, 0) is 16.6 Å². The van der Waals surface area contributed by atoms with Gasteiger partial charge in [-0.15, -0.1) is 0 Å². The van der Waals surface area contributed by atoms with Crippen molar-refractivity contribution in [1.82, 2.24) is 4.31 Å². The molecule has 20 heavy (non-hydrogen) atoms. The lowest BCUT2D eigenvalue weighted by molar-refractivity contribution is 0.290. The van der Waals surface area contributed by atoms with E-state index in [1.54, 1.807) is 22.5 Å². The van der Waals surface area contributed by atoms with Gasteiger partial charge in [0.05, 0.1) is 7.11 Å². The van der Waals surface area contributed by atoms with Gasteiger partial charge in [-0.25, -0.2) is 8.42 Å². The monoisotopic (exact) mass is 298 g/mol. The molecular formula is C14H22N2O3S. The van der Waals surface area contributed by atoms with Crippen LogP contribution in [0.3, 0.4) is 0 Å². The largest absolute Gasteiger partial charge is 0.495 e. The summed E-state index contributed by atoms with van der Waals surface area (Å²) in [5, 5.41) is 0. The molecule has 2 rings (SSSR count). The molecule has 1 aliphatic heterocycles. The quantitative estimate of drug-likeness (QED) is 0.918. The van der Waals surface area contributed by atoms with E-state index in [0.29, 0.717) is 18.8 Å². The average molecular weight is 298 g/mol. The van der Waals surface area contributed by atoms with E-state index in [-0.39, 0.29) is 10.4 Å². The summed E-state index contributed by atoms with van der Waals surface area (Å²) in [6, 6.07) is 5.06. The number of methoxy groups -OCH3 is 1. The normalized spacial score (nSPS) is 19.2. The summed E-state index contributed by atoms with van der Waals surface area (Å²) in [6.07, 6.45) is 1.75. The Morgan fingerprint density at radius 1 is 1.40 bits per heavy atom. The van der Waals surface area contributed by atoms with Gasteiger partial charge < -0.3 is 10.5 Å². The summed E-state index contributed by atoms with van der Waals surface area (Å²) in [6.45, 7) is 4.76. The van der Waals surface area contributed by atoms with E-state index >= 15 is 0 Å². The fraction of sp³-hybridized carbons (Fsp3) is 0.571. The number of nitrogens with zero attached hydrogens (tertiary/aromatic N) is 1. The van der Waals surface area contributed by atoms with E-state index in [1.165, 1.54) is 7.11 Å². The van der Waals surface area contributed by atoms with Gasteiger partial charge in [0.2, 0.25) is 10.0 Å². The molecule has 1 heterocycles. The number of hydrogen-bond donors (Lipinski definition) is 1. The first kappa shape index (κ1) is 15.3. The van der Waals surface area contributed by atoms with Gasteiger partial charge in [0.15, 0.2) is 0 Å². The molecule has 0 amide bonds. The molecule has 0 unspecified atom stereocenters. The summed E-state index contributed by atoms with van der Waals surface area (Å²) in [4.78, 5) is 0.206. The Bertz CT molecular complexity index is 596. The average Bonchev–Trinajstić information content (AvgIpc) is 2.78. The molecule has 1 aliphatic rings. The zero-order valence-corrected chi connectivity index (χ0v) is 13.0. The molecular weight excluding hydrogens is 276 g/mol. The fourth-order valence-corrected chi connectivity index (χ4v) is 4.75. The van der Waals surface area contributed by atoms with Crippen molar-refractivity contribution < 1.29 is 13.2 Å². The van der Waals surface area contributed by atoms with E-state index < -0.39 is 10.0 Å². The van der Waals surface area contributed by atoms with Gasteiger partial charge in [0, 0.05) is 18.6 Å². The van der Waals surface area contributed by atoms with Gasteiger partial charge in [-0.1, -0.05) is 6.07 Å². The summed E-state index contributed by atoms with van der Waals surface area (Å²) in [5.41, 5.74) is 6.03. The second kappa shape index (κ2) is 5.35. The number of benzene rings is 1. The number of ether oxygens (including phenoxy) is 1. The van der Waals surface area contributed by atoms with Crippen molar-refractivity contribution in [3.63, 3.8) is 0 Å². The molecule has 6 heteroatoms. The van der Waals surface area contributed by atoms with Crippen LogP contribution >= 0.6 is 0 Å². The van der Waals surface area contributed by atoms with Crippen molar-refractivity contribution in [2.24, 2.45) is 5.73 Å². The van der Waals surface area contributed by atoms with Gasteiger partial charge in [-0.05, 0) is 44.4 Å². The minimum atomic E-state index is -3.57. The highest BCUT2D eigenvalue weighted by Crippen LogP contribution is 2.37. The molecule has 1 saturated heterocycles. The maximum atomic E-state index is 12.9. The van der Waals surface area contributed by atoms with Crippen molar-refractivity contribution in [1.29, 1.82) is 0 Å². The Hall–Kier alpha value is -1.11. The first-order chi connectivity index (χ1) is 9.32. The molecule has 0 aliphatic carbocycles. The maximum absolute atomic E-state index is 12.9. The van der Waals surface area contributed by atoms with Crippen molar-refractivity contribution in [3.05, 3.63) is 23.8 Å². The Morgan fingerprint density at radius 3 is 2.60 bits per heavy atom. The molecule has 1 aromatic rings. The minimum Gasteiger partial charge on any atom is -0.495 e. The third kappa shape index (κ3) is 2.55. The van der Waals surface area contributed by atoms with Crippen molar-refractivity contribution in [3.8, 4) is 5.75 Å². The van der Waals surface area contributed by atoms with E-state index in [9.17, 15) is 8.42 Å². The highest BCUT2D eigenvalue weighted by atomic mass is 32.2. The van der Waals surface area contributed by atoms with E-state index in [4.69, 9.17) is 10.5 Å². The van der Waals surface area contributed by atoms with Crippen LogP contribution in [0.25, 0.3) is 0 Å². The van der Waals surface area contributed by atoms with E-state index in [0.717, 1.165) is 18.4 Å². The van der Waals surface area contributed by atoms with Crippen LogP contribution in [-0.4, -0.2) is 31.9 Å². The SMILES string of the molecule is COc1ccc(CN)cc1S(=O)(=O)N1CCCC1(C)C. The number of nitrogens with two attached hydrogens (primary N) is 1. The summed E-state index contributed by atoms with van der Waals surface area (Å²) in [7, 11) is -2.09. The fourth-order valence-electron chi connectivity index (χ4n) is 2.70. The predicted molar refractivity (Wildman–Crippen MR) is 78.1 cm³/mol. The second-order valence-electron chi connectivity index (χ2n) is 5.68. The lowest BCUT2D eigenvalue weighted by Gasteiger charge is -2.31. The van der Waals surface area contributed by atoms with Crippen LogP contribution in [0.5, 0.6) is 5.75 Å². The molecule has 0 aromatic heterocycles. The van der Waals surface area contributed by atoms with Gasteiger partial charge in [-0.3, -0.25) is 0 Å². The Morgan fingerprint density at radius 2 is 2.10 bits per heavy atom. The third-order valence-electron chi connectivity index (χ3n) is 3.86. The summed E-state index contributed by atoms with van der Waals surface area (Å²) >= 11 is 0. The topological polar surface area (TPSA) is 72.6 Å². The first-order valence-electron chi connectivity index (χ1n) is 6.73. The number of hydrogen-bond acceptors (Lipinski definition) is 4. The minimum absolute atomic E-state index is 0.206. The standard InChI is InChI=1S/C14H22N2O3S/c1-14(2)7-4-8-16(14)20(17,18)13-9-11(10-15)5-6-12(13)19-3/h5-6,9H,4,7-8,10,15H2,1-3H3. The lowest BCUT2D eigenvalue weighted by Crippen LogP contribution is -2.42. The van der Waals surface area contributed by atoms with Gasteiger partial charge in [0.1, 0.15) is 10.6 Å². The Balaban J connectivity index is 2.54. The van der Waals surface area contributed by atoms with Gasteiger partial charge >= 0.3 is 0 Å². The Kier molecular flexibility index (Phi) is 4.09. The molecule has 5 nitrogen and oxygen atoms in total. The maximum Gasteiger partial charge on any atom is 0.247 e. The summed E-state index contributed by atoms with van der Waals surface area (Å²) in [5.74, 6) is 0.366. The Labute approximate surface area is 120 Å². The first-order valence-corrected chi connectivity index (χ1v) is 8.17. The van der Waals surface area contributed by atoms with Crippen molar-refractivity contribution in [2.45, 2.75) is 43.7 Å². The lowest BCUT2D eigenvalue weighted by atomic mass is 10.0. The summed E-state index contributed by atoms with van der Waals surface area (Å²) < 4.78 is 32.6. The van der Waals surface area contributed by atoms with Crippen LogP contribution in [0, 0.1) is 0 Å². The zero-order chi connectivity index (χ0) is 15.0. The van der Waals surface area contributed by atoms with Gasteiger partial charge in [-0.2, -0.15) is 4.31 Å². The number of sulfonamides is 1. The second-order valence-corrected chi connectivity index (χ2v) is 7.51. The van der Waals surface area contributed by atoms with Crippen LogP contribution in [0.15, 0.2) is 23.1 Å². The van der Waals surface area contributed by atoms with Crippen LogP contribution in [0.2, 0.25) is 0 Å².